The Morgan fingerprint density at radius 3 is 2.38 bits per heavy atom. The summed E-state index contributed by atoms with van der Waals surface area (Å²) in [5.74, 6) is 1.71. The van der Waals surface area contributed by atoms with Gasteiger partial charge in [0, 0.05) is 11.5 Å². The fraction of sp³-hybridized carbons (Fsp3) is 0.333. The van der Waals surface area contributed by atoms with Gasteiger partial charge in [-0.25, -0.2) is 9.78 Å². The second kappa shape index (κ2) is 9.23. The zero-order chi connectivity index (χ0) is 20.1. The number of esters is 1. The first-order valence-corrected chi connectivity index (χ1v) is 11.1. The van der Waals surface area contributed by atoms with E-state index in [0.717, 1.165) is 40.6 Å². The van der Waals surface area contributed by atoms with Crippen molar-refractivity contribution in [2.24, 2.45) is 0 Å². The van der Waals surface area contributed by atoms with E-state index in [2.05, 4.69) is 0 Å². The zero-order valence-electron chi connectivity index (χ0n) is 16.6. The number of hydrogen-bond acceptors (Lipinski definition) is 5. The number of carbonyl (C=O) groups excluding carboxylic acids is 1. The van der Waals surface area contributed by atoms with E-state index in [4.69, 9.17) is 14.5 Å². The van der Waals surface area contributed by atoms with Crippen molar-refractivity contribution in [3.8, 4) is 22.8 Å². The molecule has 1 heterocycles. The summed E-state index contributed by atoms with van der Waals surface area (Å²) in [5.41, 5.74) is 1.63. The highest BCUT2D eigenvalue weighted by Crippen LogP contribution is 2.39. The Morgan fingerprint density at radius 2 is 1.69 bits per heavy atom. The van der Waals surface area contributed by atoms with Crippen LogP contribution < -0.4 is 4.74 Å². The minimum Gasteiger partial charge on any atom is -0.462 e. The van der Waals surface area contributed by atoms with Crippen molar-refractivity contribution >= 4 is 17.3 Å². The predicted octanol–water partition coefficient (Wildman–Crippen LogP) is 6.83. The smallest absolute Gasteiger partial charge is 0.350 e. The average Bonchev–Trinajstić information content (AvgIpc) is 3.22. The summed E-state index contributed by atoms with van der Waals surface area (Å²) in [7, 11) is 0. The lowest BCUT2D eigenvalue weighted by Crippen LogP contribution is -2.03. The maximum Gasteiger partial charge on any atom is 0.350 e. The van der Waals surface area contributed by atoms with Crippen LogP contribution in [0.3, 0.4) is 0 Å². The van der Waals surface area contributed by atoms with Gasteiger partial charge in [-0.3, -0.25) is 0 Å². The third-order valence-electron chi connectivity index (χ3n) is 5.17. The van der Waals surface area contributed by atoms with Crippen molar-refractivity contribution in [3.05, 3.63) is 64.5 Å². The number of nitrogens with zero attached hydrogens (tertiary/aromatic N) is 1. The highest BCUT2D eigenvalue weighted by atomic mass is 32.1. The second-order valence-electron chi connectivity index (χ2n) is 7.22. The highest BCUT2D eigenvalue weighted by molar-refractivity contribution is 7.14. The van der Waals surface area contributed by atoms with E-state index in [9.17, 15) is 4.79 Å². The van der Waals surface area contributed by atoms with Gasteiger partial charge in [0.25, 0.3) is 0 Å². The second-order valence-corrected chi connectivity index (χ2v) is 8.26. The van der Waals surface area contributed by atoms with E-state index in [-0.39, 0.29) is 5.97 Å². The molecule has 0 unspecified atom stereocenters. The molecule has 29 heavy (non-hydrogen) atoms. The molecule has 1 saturated carbocycles. The summed E-state index contributed by atoms with van der Waals surface area (Å²) >= 11 is 1.50. The Hall–Kier alpha value is -2.66. The summed E-state index contributed by atoms with van der Waals surface area (Å²) in [6.45, 7) is 2.19. The lowest BCUT2D eigenvalue weighted by atomic mass is 9.90. The number of benzene rings is 2. The number of rotatable bonds is 6. The summed E-state index contributed by atoms with van der Waals surface area (Å²) in [6.07, 6.45) is 6.07. The summed E-state index contributed by atoms with van der Waals surface area (Å²) in [6, 6.07) is 17.4. The molecule has 0 aliphatic heterocycles. The van der Waals surface area contributed by atoms with Crippen LogP contribution in [0.5, 0.6) is 11.5 Å². The van der Waals surface area contributed by atoms with Gasteiger partial charge in [-0.2, -0.15) is 0 Å². The first-order chi connectivity index (χ1) is 14.2. The molecule has 1 aliphatic carbocycles. The Labute approximate surface area is 175 Å². The minimum atomic E-state index is -0.285. The Balaban J connectivity index is 1.61. The maximum absolute atomic E-state index is 12.6. The molecular weight excluding hydrogens is 382 g/mol. The normalized spacial score (nSPS) is 14.5. The van der Waals surface area contributed by atoms with E-state index in [1.54, 1.807) is 0 Å². The molecule has 0 saturated heterocycles. The van der Waals surface area contributed by atoms with Crippen LogP contribution in [-0.4, -0.2) is 17.6 Å². The molecule has 0 atom stereocenters. The summed E-state index contributed by atoms with van der Waals surface area (Å²) in [5, 5.41) is 1.06. The first kappa shape index (κ1) is 19.6. The number of ether oxygens (including phenoxy) is 2. The fourth-order valence-electron chi connectivity index (χ4n) is 3.70. The van der Waals surface area contributed by atoms with E-state index >= 15 is 0 Å². The van der Waals surface area contributed by atoms with Crippen molar-refractivity contribution in [1.29, 1.82) is 0 Å². The molecule has 1 fully saturated rings. The largest absolute Gasteiger partial charge is 0.462 e. The molecule has 1 aliphatic rings. The first-order valence-electron chi connectivity index (χ1n) is 10.3. The topological polar surface area (TPSA) is 48.4 Å². The molecule has 150 valence electrons. The van der Waals surface area contributed by atoms with E-state index in [1.165, 1.54) is 30.6 Å². The predicted molar refractivity (Wildman–Crippen MR) is 116 cm³/mol. The van der Waals surface area contributed by atoms with Crippen molar-refractivity contribution in [2.45, 2.75) is 44.9 Å². The molecule has 5 heteroatoms. The van der Waals surface area contributed by atoms with Crippen LogP contribution in [0.4, 0.5) is 0 Å². The molecule has 4 rings (SSSR count). The molecule has 0 amide bonds. The number of carbonyl (C=O) groups is 1. The number of para-hydroxylation sites is 1. The third kappa shape index (κ3) is 4.67. The Bertz CT molecular complexity index is 944. The third-order valence-corrected chi connectivity index (χ3v) is 6.36. The molecule has 2 aromatic carbocycles. The Kier molecular flexibility index (Phi) is 6.25. The van der Waals surface area contributed by atoms with Gasteiger partial charge in [-0.1, -0.05) is 37.5 Å². The average molecular weight is 408 g/mol. The van der Waals surface area contributed by atoms with Crippen LogP contribution in [0.25, 0.3) is 11.3 Å². The summed E-state index contributed by atoms with van der Waals surface area (Å²) < 4.78 is 11.2. The molecular formula is C24H25NO3S. The van der Waals surface area contributed by atoms with Gasteiger partial charge in [-0.05, 0) is 56.2 Å². The molecule has 0 spiro atoms. The van der Waals surface area contributed by atoms with Gasteiger partial charge in [-0.15, -0.1) is 11.3 Å². The molecule has 1 aromatic heterocycles. The van der Waals surface area contributed by atoms with Gasteiger partial charge >= 0.3 is 5.97 Å². The lowest BCUT2D eigenvalue weighted by molar-refractivity contribution is 0.0532. The quantitative estimate of drug-likeness (QED) is 0.420. The standard InChI is InChI=1S/C24H25NO3S/c1-2-27-24(26)22-21(25-23(29-22)18-9-5-3-6-10-18)17-13-15-20(16-14-17)28-19-11-7-4-8-12-19/h4,7-8,11-16,18H,2-3,5-6,9-10H2,1H3. The highest BCUT2D eigenvalue weighted by Gasteiger charge is 2.25. The fourth-order valence-corrected chi connectivity index (χ4v) is 4.85. The van der Waals surface area contributed by atoms with Crippen molar-refractivity contribution < 1.29 is 14.3 Å². The van der Waals surface area contributed by atoms with Crippen LogP contribution in [0.2, 0.25) is 0 Å². The van der Waals surface area contributed by atoms with E-state index in [1.807, 2.05) is 61.5 Å². The monoisotopic (exact) mass is 407 g/mol. The number of thiazole rings is 1. The number of hydrogen-bond donors (Lipinski definition) is 0. The summed E-state index contributed by atoms with van der Waals surface area (Å²) in [4.78, 5) is 18.1. The van der Waals surface area contributed by atoms with Crippen LogP contribution in [0, 0.1) is 0 Å². The van der Waals surface area contributed by atoms with Crippen LogP contribution in [0.15, 0.2) is 54.6 Å². The van der Waals surface area contributed by atoms with Gasteiger partial charge in [0.05, 0.1) is 17.3 Å². The van der Waals surface area contributed by atoms with E-state index < -0.39 is 0 Å². The molecule has 0 N–H and O–H groups in total. The molecule has 4 nitrogen and oxygen atoms in total. The van der Waals surface area contributed by atoms with Crippen LogP contribution >= 0.6 is 11.3 Å². The van der Waals surface area contributed by atoms with Gasteiger partial charge in [0.1, 0.15) is 16.4 Å². The van der Waals surface area contributed by atoms with Crippen molar-refractivity contribution in [1.82, 2.24) is 4.98 Å². The lowest BCUT2D eigenvalue weighted by Gasteiger charge is -2.18. The van der Waals surface area contributed by atoms with Gasteiger partial charge in [0.2, 0.25) is 0 Å². The number of aromatic nitrogens is 1. The molecule has 0 radical (unpaired) electrons. The molecule has 0 bridgehead atoms. The minimum absolute atomic E-state index is 0.285. The van der Waals surface area contributed by atoms with Gasteiger partial charge < -0.3 is 9.47 Å². The maximum atomic E-state index is 12.6. The molecule has 3 aromatic rings. The zero-order valence-corrected chi connectivity index (χ0v) is 17.4. The van der Waals surface area contributed by atoms with Crippen LogP contribution in [0.1, 0.15) is 59.6 Å². The van der Waals surface area contributed by atoms with E-state index in [0.29, 0.717) is 17.4 Å². The Morgan fingerprint density at radius 1 is 1.00 bits per heavy atom. The van der Waals surface area contributed by atoms with Crippen molar-refractivity contribution in [3.63, 3.8) is 0 Å². The van der Waals surface area contributed by atoms with Crippen LogP contribution in [-0.2, 0) is 4.74 Å². The SMILES string of the molecule is CCOC(=O)c1sc(C2CCCCC2)nc1-c1ccc(Oc2ccccc2)cc1. The van der Waals surface area contributed by atoms with Crippen molar-refractivity contribution in [2.75, 3.05) is 6.61 Å². The van der Waals surface area contributed by atoms with Gasteiger partial charge in [0.15, 0.2) is 0 Å².